The van der Waals surface area contributed by atoms with Crippen LogP contribution in [0.1, 0.15) is 36.3 Å². The number of pyridine rings is 1. The molecule has 0 spiro atoms. The van der Waals surface area contributed by atoms with Crippen LogP contribution in [-0.2, 0) is 0 Å². The smallest absolute Gasteiger partial charge is 0.269 e. The van der Waals surface area contributed by atoms with Gasteiger partial charge in [0.15, 0.2) is 0 Å². The van der Waals surface area contributed by atoms with Crippen LogP contribution >= 0.6 is 0 Å². The van der Waals surface area contributed by atoms with Crippen LogP contribution in [0.3, 0.4) is 0 Å². The molecular formula is C18H20N4O. The van der Waals surface area contributed by atoms with Gasteiger partial charge in [0, 0.05) is 24.1 Å². The van der Waals surface area contributed by atoms with Gasteiger partial charge in [0.05, 0.1) is 11.6 Å². The molecular weight excluding hydrogens is 288 g/mol. The van der Waals surface area contributed by atoms with Gasteiger partial charge in [-0.15, -0.1) is 0 Å². The van der Waals surface area contributed by atoms with Gasteiger partial charge in [0.2, 0.25) is 0 Å². The van der Waals surface area contributed by atoms with Gasteiger partial charge in [-0.05, 0) is 42.7 Å². The summed E-state index contributed by atoms with van der Waals surface area (Å²) in [5.74, 6) is 0.365. The summed E-state index contributed by atoms with van der Waals surface area (Å²) in [6, 6.07) is 12.7. The van der Waals surface area contributed by atoms with Crippen molar-refractivity contribution in [3.05, 3.63) is 53.9 Å². The minimum Gasteiger partial charge on any atom is -0.355 e. The molecule has 0 aliphatic heterocycles. The number of carbonyl (C=O) groups is 1. The molecule has 0 saturated carbocycles. The van der Waals surface area contributed by atoms with Crippen molar-refractivity contribution in [3.8, 4) is 6.07 Å². The molecule has 0 atom stereocenters. The molecule has 0 fully saturated rings. The highest BCUT2D eigenvalue weighted by Gasteiger charge is 2.08. The van der Waals surface area contributed by atoms with Crippen molar-refractivity contribution in [2.45, 2.75) is 20.3 Å². The Labute approximate surface area is 136 Å². The SMILES string of the molecule is CC(C)CCNC(=O)c1cc(Nc2cccc(C#N)c2)ccn1. The number of amides is 1. The van der Waals surface area contributed by atoms with Crippen LogP contribution in [0.4, 0.5) is 11.4 Å². The van der Waals surface area contributed by atoms with E-state index in [2.05, 4.69) is 35.5 Å². The van der Waals surface area contributed by atoms with Crippen molar-refractivity contribution < 1.29 is 4.79 Å². The Balaban J connectivity index is 2.04. The first-order chi connectivity index (χ1) is 11.1. The van der Waals surface area contributed by atoms with Gasteiger partial charge in [-0.25, -0.2) is 0 Å². The third-order valence-corrected chi connectivity index (χ3v) is 3.28. The number of hydrogen-bond acceptors (Lipinski definition) is 4. The number of nitriles is 1. The molecule has 5 nitrogen and oxygen atoms in total. The van der Waals surface area contributed by atoms with E-state index < -0.39 is 0 Å². The molecule has 2 N–H and O–H groups in total. The van der Waals surface area contributed by atoms with Gasteiger partial charge in [-0.1, -0.05) is 19.9 Å². The number of nitrogens with zero attached hydrogens (tertiary/aromatic N) is 2. The molecule has 1 amide bonds. The van der Waals surface area contributed by atoms with E-state index in [0.717, 1.165) is 17.8 Å². The second kappa shape index (κ2) is 7.95. The topological polar surface area (TPSA) is 77.8 Å². The molecule has 2 rings (SSSR count). The Hall–Kier alpha value is -2.87. The predicted molar refractivity (Wildman–Crippen MR) is 90.5 cm³/mol. The molecule has 1 heterocycles. The van der Waals surface area contributed by atoms with Crippen LogP contribution < -0.4 is 10.6 Å². The molecule has 23 heavy (non-hydrogen) atoms. The summed E-state index contributed by atoms with van der Waals surface area (Å²) >= 11 is 0. The second-order valence-corrected chi connectivity index (χ2v) is 5.69. The summed E-state index contributed by atoms with van der Waals surface area (Å²) < 4.78 is 0. The summed E-state index contributed by atoms with van der Waals surface area (Å²) in [6.07, 6.45) is 2.53. The lowest BCUT2D eigenvalue weighted by Crippen LogP contribution is -2.26. The maximum absolute atomic E-state index is 12.1. The number of nitrogens with one attached hydrogen (secondary N) is 2. The van der Waals surface area contributed by atoms with Crippen LogP contribution in [0, 0.1) is 17.2 Å². The van der Waals surface area contributed by atoms with Crippen LogP contribution in [0.2, 0.25) is 0 Å². The zero-order valence-electron chi connectivity index (χ0n) is 13.3. The predicted octanol–water partition coefficient (Wildman–Crippen LogP) is 3.47. The largest absolute Gasteiger partial charge is 0.355 e. The quantitative estimate of drug-likeness (QED) is 0.856. The first kappa shape index (κ1) is 16.5. The van der Waals surface area contributed by atoms with Crippen molar-refractivity contribution in [1.82, 2.24) is 10.3 Å². The summed E-state index contributed by atoms with van der Waals surface area (Å²) in [5, 5.41) is 15.0. The Bertz CT molecular complexity index is 719. The average Bonchev–Trinajstić information content (AvgIpc) is 2.55. The average molecular weight is 308 g/mol. The fourth-order valence-electron chi connectivity index (χ4n) is 2.03. The van der Waals surface area contributed by atoms with E-state index >= 15 is 0 Å². The minimum atomic E-state index is -0.180. The maximum atomic E-state index is 12.1. The highest BCUT2D eigenvalue weighted by atomic mass is 16.1. The Morgan fingerprint density at radius 1 is 1.26 bits per heavy atom. The van der Waals surface area contributed by atoms with Gasteiger partial charge in [0.25, 0.3) is 5.91 Å². The number of aromatic nitrogens is 1. The minimum absolute atomic E-state index is 0.180. The zero-order valence-corrected chi connectivity index (χ0v) is 13.3. The van der Waals surface area contributed by atoms with Crippen molar-refractivity contribution in [2.75, 3.05) is 11.9 Å². The lowest BCUT2D eigenvalue weighted by atomic mass is 10.1. The van der Waals surface area contributed by atoms with Crippen LogP contribution in [0.5, 0.6) is 0 Å². The van der Waals surface area contributed by atoms with E-state index in [1.165, 1.54) is 0 Å². The fourth-order valence-corrected chi connectivity index (χ4v) is 2.03. The number of rotatable bonds is 6. The highest BCUT2D eigenvalue weighted by Crippen LogP contribution is 2.17. The third kappa shape index (κ3) is 5.11. The van der Waals surface area contributed by atoms with Crippen LogP contribution in [0.15, 0.2) is 42.6 Å². The van der Waals surface area contributed by atoms with E-state index in [1.807, 2.05) is 12.1 Å². The van der Waals surface area contributed by atoms with E-state index in [9.17, 15) is 4.79 Å². The number of hydrogen-bond donors (Lipinski definition) is 2. The Morgan fingerprint density at radius 2 is 2.04 bits per heavy atom. The van der Waals surface area contributed by atoms with Crippen LogP contribution in [-0.4, -0.2) is 17.4 Å². The van der Waals surface area contributed by atoms with Crippen molar-refractivity contribution in [1.29, 1.82) is 5.26 Å². The van der Waals surface area contributed by atoms with Gasteiger partial charge >= 0.3 is 0 Å². The molecule has 0 unspecified atom stereocenters. The summed E-state index contributed by atoms with van der Waals surface area (Å²) in [7, 11) is 0. The van der Waals surface area contributed by atoms with Crippen LogP contribution in [0.25, 0.3) is 0 Å². The molecule has 118 valence electrons. The first-order valence-corrected chi connectivity index (χ1v) is 7.60. The third-order valence-electron chi connectivity index (χ3n) is 3.28. The lowest BCUT2D eigenvalue weighted by molar-refractivity contribution is 0.0947. The highest BCUT2D eigenvalue weighted by molar-refractivity contribution is 5.93. The molecule has 1 aromatic carbocycles. The van der Waals surface area contributed by atoms with Crippen molar-refractivity contribution in [3.63, 3.8) is 0 Å². The standard InChI is InChI=1S/C18H20N4O/c1-13(2)6-8-21-18(23)17-11-16(7-9-20-17)22-15-5-3-4-14(10-15)12-19/h3-5,7,9-11,13H,6,8H2,1-2H3,(H,20,22)(H,21,23). The van der Waals surface area contributed by atoms with Gasteiger partial charge in [-0.3, -0.25) is 9.78 Å². The number of benzene rings is 1. The summed E-state index contributed by atoms with van der Waals surface area (Å²) in [4.78, 5) is 16.2. The van der Waals surface area contributed by atoms with E-state index in [1.54, 1.807) is 30.5 Å². The van der Waals surface area contributed by atoms with E-state index in [-0.39, 0.29) is 5.91 Å². The molecule has 1 aromatic heterocycles. The molecule has 0 bridgehead atoms. The first-order valence-electron chi connectivity index (χ1n) is 7.60. The number of anilines is 2. The monoisotopic (exact) mass is 308 g/mol. The zero-order chi connectivity index (χ0) is 16.7. The van der Waals surface area contributed by atoms with Crippen molar-refractivity contribution in [2.24, 2.45) is 5.92 Å². The lowest BCUT2D eigenvalue weighted by Gasteiger charge is -2.09. The Kier molecular flexibility index (Phi) is 5.70. The normalized spacial score (nSPS) is 10.2. The number of carbonyl (C=O) groups excluding carboxylic acids is 1. The van der Waals surface area contributed by atoms with Crippen molar-refractivity contribution >= 4 is 17.3 Å². The molecule has 0 radical (unpaired) electrons. The molecule has 0 saturated heterocycles. The van der Waals surface area contributed by atoms with Gasteiger partial charge in [0.1, 0.15) is 5.69 Å². The van der Waals surface area contributed by atoms with Gasteiger partial charge < -0.3 is 10.6 Å². The van der Waals surface area contributed by atoms with E-state index in [0.29, 0.717) is 23.7 Å². The molecule has 0 aliphatic rings. The Morgan fingerprint density at radius 3 is 2.78 bits per heavy atom. The van der Waals surface area contributed by atoms with E-state index in [4.69, 9.17) is 5.26 Å². The molecule has 0 aliphatic carbocycles. The van der Waals surface area contributed by atoms with Gasteiger partial charge in [-0.2, -0.15) is 5.26 Å². The summed E-state index contributed by atoms with van der Waals surface area (Å²) in [5.41, 5.74) is 2.50. The summed E-state index contributed by atoms with van der Waals surface area (Å²) in [6.45, 7) is 4.87. The molecule has 5 heteroatoms. The maximum Gasteiger partial charge on any atom is 0.269 e. The second-order valence-electron chi connectivity index (χ2n) is 5.69. The molecule has 2 aromatic rings. The fraction of sp³-hybridized carbons (Fsp3) is 0.278.